The number of carbonyl (C=O) groups is 2. The first-order chi connectivity index (χ1) is 22.6. The van der Waals surface area contributed by atoms with E-state index in [1.54, 1.807) is 13.2 Å². The Morgan fingerprint density at radius 3 is 2.53 bits per heavy atom. The summed E-state index contributed by atoms with van der Waals surface area (Å²) < 4.78 is 23.4. The van der Waals surface area contributed by atoms with Crippen molar-refractivity contribution in [1.82, 2.24) is 15.1 Å². The average Bonchev–Trinajstić information content (AvgIpc) is 3.54. The minimum atomic E-state index is -0.940. The Balaban J connectivity index is 1.37. The molecule has 11 nitrogen and oxygen atoms in total. The maximum absolute atomic E-state index is 13.2. The Morgan fingerprint density at radius 1 is 1.06 bits per heavy atom. The number of hydrogen-bond donors (Lipinski definition) is 3. The lowest BCUT2D eigenvalue weighted by Gasteiger charge is -2.60. The van der Waals surface area contributed by atoms with Gasteiger partial charge in [-0.2, -0.15) is 0 Å². The summed E-state index contributed by atoms with van der Waals surface area (Å²) in [7, 11) is 3.50. The highest BCUT2D eigenvalue weighted by atomic mass is 16.7. The molecule has 4 heterocycles. The van der Waals surface area contributed by atoms with Crippen LogP contribution in [-0.2, 0) is 22.4 Å². The van der Waals surface area contributed by atoms with Gasteiger partial charge >= 0.3 is 5.97 Å². The first-order valence-corrected chi connectivity index (χ1v) is 15.8. The van der Waals surface area contributed by atoms with Crippen LogP contribution < -0.4 is 24.3 Å². The lowest BCUT2D eigenvalue weighted by Crippen LogP contribution is -2.69. The second kappa shape index (κ2) is 11.9. The van der Waals surface area contributed by atoms with Crippen molar-refractivity contribution in [1.29, 1.82) is 0 Å². The largest absolute Gasteiger partial charge is 0.504 e. The lowest BCUT2D eigenvalue weighted by atomic mass is 9.73. The predicted molar refractivity (Wildman–Crippen MR) is 173 cm³/mol. The highest BCUT2D eigenvalue weighted by Gasteiger charge is 2.56. The third-order valence-corrected chi connectivity index (χ3v) is 10.0. The van der Waals surface area contributed by atoms with Gasteiger partial charge in [-0.1, -0.05) is 36.4 Å². The van der Waals surface area contributed by atoms with Gasteiger partial charge in [0.05, 0.1) is 25.2 Å². The number of likely N-dealkylation sites (N-methyl/N-ethyl adjacent to an activating group) is 1. The fourth-order valence-corrected chi connectivity index (χ4v) is 8.11. The van der Waals surface area contributed by atoms with Crippen LogP contribution in [0.5, 0.6) is 28.7 Å². The number of hydrogen-bond acceptors (Lipinski definition) is 10. The molecule has 4 aliphatic heterocycles. The molecular formula is C36H39N3O8. The number of nitrogens with one attached hydrogen (secondary N) is 1. The highest BCUT2D eigenvalue weighted by Crippen LogP contribution is 2.58. The second-order valence-corrected chi connectivity index (χ2v) is 12.7. The third kappa shape index (κ3) is 5.00. The molecule has 1 fully saturated rings. The molecule has 4 aliphatic rings. The zero-order valence-electron chi connectivity index (χ0n) is 27.1. The van der Waals surface area contributed by atoms with Crippen molar-refractivity contribution < 1.29 is 38.7 Å². The van der Waals surface area contributed by atoms with Crippen LogP contribution in [0.15, 0.2) is 42.5 Å². The summed E-state index contributed by atoms with van der Waals surface area (Å²) in [6.45, 7) is 5.20. The number of aromatic hydroxyl groups is 1. The number of rotatable bonds is 6. The number of aliphatic hydroxyl groups excluding tert-OH is 1. The number of carbonyl (C=O) groups excluding carboxylic acids is 2. The summed E-state index contributed by atoms with van der Waals surface area (Å²) in [6, 6.07) is 9.92. The molecule has 0 aromatic heterocycles. The van der Waals surface area contributed by atoms with E-state index in [1.807, 2.05) is 62.2 Å². The SMILES string of the molecule is COc1c(C)cc2c(c1O)[C@@H]1C3Cc4c(OC(C)=O)c(C)c5c(c4[C@H](CNC(=O)C=Cc4ccccc4)N3[C@@H](O)C(C2)N1C)OCO5. The lowest BCUT2D eigenvalue weighted by molar-refractivity contribution is -0.172. The number of aryl methyl sites for hydroxylation is 1. The number of benzene rings is 3. The minimum Gasteiger partial charge on any atom is -0.504 e. The zero-order valence-corrected chi connectivity index (χ0v) is 27.1. The van der Waals surface area contributed by atoms with Crippen molar-refractivity contribution in [3.05, 3.63) is 81.4 Å². The molecule has 1 amide bonds. The van der Waals surface area contributed by atoms with Gasteiger partial charge in [-0.3, -0.25) is 19.4 Å². The van der Waals surface area contributed by atoms with E-state index >= 15 is 0 Å². The number of piperazine rings is 1. The molecule has 3 N–H and O–H groups in total. The van der Waals surface area contributed by atoms with E-state index in [-0.39, 0.29) is 37.1 Å². The number of aliphatic hydroxyl groups is 1. The first kappa shape index (κ1) is 31.0. The van der Waals surface area contributed by atoms with E-state index in [0.29, 0.717) is 47.0 Å². The Labute approximate surface area is 273 Å². The molecule has 47 heavy (non-hydrogen) atoms. The van der Waals surface area contributed by atoms with Crippen molar-refractivity contribution in [3.8, 4) is 28.7 Å². The van der Waals surface area contributed by atoms with Gasteiger partial charge < -0.3 is 34.5 Å². The monoisotopic (exact) mass is 641 g/mol. The van der Waals surface area contributed by atoms with E-state index in [2.05, 4.69) is 10.2 Å². The molecule has 1 saturated heterocycles. The van der Waals surface area contributed by atoms with Crippen LogP contribution in [0.3, 0.4) is 0 Å². The summed E-state index contributed by atoms with van der Waals surface area (Å²) in [5.74, 6) is 1.10. The van der Waals surface area contributed by atoms with E-state index < -0.39 is 24.3 Å². The van der Waals surface area contributed by atoms with Crippen LogP contribution >= 0.6 is 0 Å². The van der Waals surface area contributed by atoms with Crippen LogP contribution in [0.2, 0.25) is 0 Å². The molecule has 3 aromatic rings. The summed E-state index contributed by atoms with van der Waals surface area (Å²) in [5.41, 5.74) is 5.49. The second-order valence-electron chi connectivity index (χ2n) is 12.7. The van der Waals surface area contributed by atoms with Gasteiger partial charge in [0.25, 0.3) is 0 Å². The smallest absolute Gasteiger partial charge is 0.308 e. The summed E-state index contributed by atoms with van der Waals surface area (Å²) >= 11 is 0. The minimum absolute atomic E-state index is 0.00854. The Hall–Kier alpha value is -4.58. The van der Waals surface area contributed by atoms with Crippen LogP contribution in [0.1, 0.15) is 58.0 Å². The number of amides is 1. The number of fused-ring (bicyclic) bond motifs is 9. The number of phenols is 1. The number of esters is 1. The predicted octanol–water partition coefficient (Wildman–Crippen LogP) is 3.70. The van der Waals surface area contributed by atoms with Gasteiger partial charge in [-0.15, -0.1) is 0 Å². The Kier molecular flexibility index (Phi) is 7.86. The number of methoxy groups -OCH3 is 1. The van der Waals surface area contributed by atoms with Crippen molar-refractivity contribution in [2.45, 2.75) is 64.0 Å². The summed E-state index contributed by atoms with van der Waals surface area (Å²) in [4.78, 5) is 29.8. The van der Waals surface area contributed by atoms with Crippen molar-refractivity contribution >= 4 is 18.0 Å². The number of nitrogens with zero attached hydrogens (tertiary/aromatic N) is 2. The van der Waals surface area contributed by atoms with Gasteiger partial charge in [-0.05, 0) is 56.5 Å². The van der Waals surface area contributed by atoms with Crippen molar-refractivity contribution in [2.75, 3.05) is 27.5 Å². The van der Waals surface area contributed by atoms with Gasteiger partial charge in [0.15, 0.2) is 23.0 Å². The molecule has 246 valence electrons. The normalized spacial score (nSPS) is 24.3. The van der Waals surface area contributed by atoms with Crippen molar-refractivity contribution in [2.24, 2.45) is 0 Å². The van der Waals surface area contributed by atoms with Gasteiger partial charge in [0.2, 0.25) is 12.7 Å². The van der Waals surface area contributed by atoms with Gasteiger partial charge in [0, 0.05) is 47.8 Å². The van der Waals surface area contributed by atoms with Gasteiger partial charge in [-0.25, -0.2) is 0 Å². The molecular weight excluding hydrogens is 602 g/mol. The molecule has 5 atom stereocenters. The van der Waals surface area contributed by atoms with Crippen LogP contribution in [-0.4, -0.2) is 77.7 Å². The molecule has 0 saturated carbocycles. The maximum Gasteiger partial charge on any atom is 0.308 e. The van der Waals surface area contributed by atoms with Crippen molar-refractivity contribution in [3.63, 3.8) is 0 Å². The average molecular weight is 642 g/mol. The zero-order chi connectivity index (χ0) is 33.1. The number of phenolic OH excluding ortho intramolecular Hbond substituents is 1. The molecule has 2 bridgehead atoms. The Bertz CT molecular complexity index is 1790. The quantitative estimate of drug-likeness (QED) is 0.208. The van der Waals surface area contributed by atoms with E-state index in [1.165, 1.54) is 13.0 Å². The first-order valence-electron chi connectivity index (χ1n) is 15.8. The molecule has 0 radical (unpaired) electrons. The number of ether oxygens (including phenoxy) is 4. The van der Waals surface area contributed by atoms with E-state index in [4.69, 9.17) is 18.9 Å². The van der Waals surface area contributed by atoms with E-state index in [9.17, 15) is 19.8 Å². The third-order valence-electron chi connectivity index (χ3n) is 10.0. The Morgan fingerprint density at radius 2 is 1.81 bits per heavy atom. The van der Waals surface area contributed by atoms with Crippen LogP contribution in [0.25, 0.3) is 6.08 Å². The molecule has 7 rings (SSSR count). The van der Waals surface area contributed by atoms with Gasteiger partial charge in [0.1, 0.15) is 12.0 Å². The molecule has 3 aromatic carbocycles. The highest BCUT2D eigenvalue weighted by molar-refractivity contribution is 5.91. The molecule has 0 aliphatic carbocycles. The molecule has 2 unspecified atom stereocenters. The van der Waals surface area contributed by atoms with E-state index in [0.717, 1.165) is 27.8 Å². The fraction of sp³-hybridized carbons (Fsp3) is 0.389. The standard InChI is InChI=1S/C36H39N3O8/c1-18-13-22-14-25-36(43)39-24(30(38(25)4)28(22)31(42)32(18)44-5)15-23-29(35-34(45-17-46-35)19(2)33(23)47-20(3)40)26(39)16-37-27(41)12-11-21-9-7-6-8-10-21/h6-13,24-26,30,36,42-43H,14-17H2,1-5H3,(H,37,41)/t24?,25?,26-,30-,36-/m0/s1. The summed E-state index contributed by atoms with van der Waals surface area (Å²) in [5, 5.41) is 26.9. The maximum atomic E-state index is 13.2. The van der Waals surface area contributed by atoms with Crippen LogP contribution in [0.4, 0.5) is 0 Å². The molecule has 11 heteroatoms. The summed E-state index contributed by atoms with van der Waals surface area (Å²) in [6.07, 6.45) is 3.15. The fourth-order valence-electron chi connectivity index (χ4n) is 8.11. The van der Waals surface area contributed by atoms with Crippen LogP contribution in [0, 0.1) is 13.8 Å². The topological polar surface area (TPSA) is 130 Å². The molecule has 0 spiro atoms.